The fourth-order valence-electron chi connectivity index (χ4n) is 2.25. The summed E-state index contributed by atoms with van der Waals surface area (Å²) in [5.74, 6) is -0.822. The Balaban J connectivity index is 1.91. The van der Waals surface area contributed by atoms with Crippen LogP contribution in [-0.2, 0) is 20.9 Å². The molecule has 0 aliphatic carbocycles. The minimum Gasteiger partial charge on any atom is -0.459 e. The van der Waals surface area contributed by atoms with Gasteiger partial charge in [-0.15, -0.1) is 0 Å². The first-order valence-electron chi connectivity index (χ1n) is 8.30. The second kappa shape index (κ2) is 9.42. The number of hydrogen-bond acceptors (Lipinski definition) is 3. The maximum Gasteiger partial charge on any atom is 0.329 e. The predicted molar refractivity (Wildman–Crippen MR) is 98.5 cm³/mol. The average molecular weight is 337 g/mol. The standard InChI is InChI=1S/C21H23NO3/c1-16(2)20(21(24)25-15-18-11-7-4-8-12-18)22-19(23)14-13-17-9-5-3-6-10-17/h3-14,16,20H,15H2,1-2H3,(H,22,23)/b14-13+. The Labute approximate surface area is 148 Å². The molecule has 2 aromatic carbocycles. The van der Waals surface area contributed by atoms with Crippen molar-refractivity contribution in [1.29, 1.82) is 0 Å². The molecule has 1 unspecified atom stereocenters. The molecule has 0 radical (unpaired) electrons. The van der Waals surface area contributed by atoms with Crippen molar-refractivity contribution < 1.29 is 14.3 Å². The van der Waals surface area contributed by atoms with Gasteiger partial charge in [0, 0.05) is 6.08 Å². The van der Waals surface area contributed by atoms with Crippen molar-refractivity contribution in [2.24, 2.45) is 5.92 Å². The summed E-state index contributed by atoms with van der Waals surface area (Å²) in [5, 5.41) is 2.72. The Morgan fingerprint density at radius 3 is 2.20 bits per heavy atom. The average Bonchev–Trinajstić information content (AvgIpc) is 2.64. The van der Waals surface area contributed by atoms with E-state index in [9.17, 15) is 9.59 Å². The fraction of sp³-hybridized carbons (Fsp3) is 0.238. The SMILES string of the molecule is CC(C)C(NC(=O)/C=C/c1ccccc1)C(=O)OCc1ccccc1. The molecule has 0 spiro atoms. The quantitative estimate of drug-likeness (QED) is 0.620. The molecule has 25 heavy (non-hydrogen) atoms. The van der Waals surface area contributed by atoms with E-state index < -0.39 is 12.0 Å². The van der Waals surface area contributed by atoms with Crippen molar-refractivity contribution in [3.8, 4) is 0 Å². The van der Waals surface area contributed by atoms with Crippen LogP contribution in [0.2, 0.25) is 0 Å². The van der Waals surface area contributed by atoms with Crippen molar-refractivity contribution >= 4 is 18.0 Å². The largest absolute Gasteiger partial charge is 0.459 e. The third-order valence-corrected chi connectivity index (χ3v) is 3.67. The summed E-state index contributed by atoms with van der Waals surface area (Å²) in [6.45, 7) is 3.93. The highest BCUT2D eigenvalue weighted by Crippen LogP contribution is 2.08. The fourth-order valence-corrected chi connectivity index (χ4v) is 2.25. The van der Waals surface area contributed by atoms with Gasteiger partial charge >= 0.3 is 5.97 Å². The molecular weight excluding hydrogens is 314 g/mol. The molecule has 1 amide bonds. The third kappa shape index (κ3) is 6.26. The summed E-state index contributed by atoms with van der Waals surface area (Å²) >= 11 is 0. The van der Waals surface area contributed by atoms with E-state index in [1.54, 1.807) is 6.08 Å². The molecule has 4 nitrogen and oxygen atoms in total. The van der Waals surface area contributed by atoms with Crippen LogP contribution in [-0.4, -0.2) is 17.9 Å². The zero-order valence-corrected chi connectivity index (χ0v) is 14.5. The van der Waals surface area contributed by atoms with Crippen LogP contribution < -0.4 is 5.32 Å². The molecule has 130 valence electrons. The number of carbonyl (C=O) groups is 2. The molecule has 1 atom stereocenters. The second-order valence-corrected chi connectivity index (χ2v) is 6.07. The van der Waals surface area contributed by atoms with Gasteiger partial charge in [-0.2, -0.15) is 0 Å². The van der Waals surface area contributed by atoms with Crippen LogP contribution in [0.1, 0.15) is 25.0 Å². The molecular formula is C21H23NO3. The monoisotopic (exact) mass is 337 g/mol. The summed E-state index contributed by atoms with van der Waals surface area (Å²) < 4.78 is 5.34. The molecule has 0 aliphatic rings. The van der Waals surface area contributed by atoms with E-state index >= 15 is 0 Å². The van der Waals surface area contributed by atoms with E-state index in [1.807, 2.05) is 74.5 Å². The maximum atomic E-state index is 12.3. The Morgan fingerprint density at radius 2 is 1.60 bits per heavy atom. The van der Waals surface area contributed by atoms with Crippen LogP contribution >= 0.6 is 0 Å². The topological polar surface area (TPSA) is 55.4 Å². The number of nitrogens with one attached hydrogen (secondary N) is 1. The second-order valence-electron chi connectivity index (χ2n) is 6.07. The zero-order valence-electron chi connectivity index (χ0n) is 14.5. The molecule has 0 saturated heterocycles. The summed E-state index contributed by atoms with van der Waals surface area (Å²) in [6.07, 6.45) is 3.14. The smallest absolute Gasteiger partial charge is 0.329 e. The van der Waals surface area contributed by atoms with Crippen molar-refractivity contribution in [3.63, 3.8) is 0 Å². The first-order chi connectivity index (χ1) is 12.1. The van der Waals surface area contributed by atoms with Gasteiger partial charge in [0.1, 0.15) is 12.6 Å². The van der Waals surface area contributed by atoms with Crippen molar-refractivity contribution in [2.45, 2.75) is 26.5 Å². The summed E-state index contributed by atoms with van der Waals surface area (Å²) in [7, 11) is 0. The van der Waals surface area contributed by atoms with E-state index in [4.69, 9.17) is 4.74 Å². The molecule has 0 saturated carbocycles. The van der Waals surface area contributed by atoms with Crippen molar-refractivity contribution in [3.05, 3.63) is 77.9 Å². The van der Waals surface area contributed by atoms with Crippen LogP contribution in [0.15, 0.2) is 66.7 Å². The lowest BCUT2D eigenvalue weighted by atomic mass is 10.0. The number of benzene rings is 2. The summed E-state index contributed by atoms with van der Waals surface area (Å²) in [5.41, 5.74) is 1.83. The first kappa shape index (κ1) is 18.5. The van der Waals surface area contributed by atoms with Crippen LogP contribution in [0, 0.1) is 5.92 Å². The van der Waals surface area contributed by atoms with Gasteiger partial charge in [0.2, 0.25) is 5.91 Å². The maximum absolute atomic E-state index is 12.3. The van der Waals surface area contributed by atoms with Crippen LogP contribution in [0.25, 0.3) is 6.08 Å². The number of rotatable bonds is 7. The van der Waals surface area contributed by atoms with Gasteiger partial charge in [-0.1, -0.05) is 74.5 Å². The third-order valence-electron chi connectivity index (χ3n) is 3.67. The Morgan fingerprint density at radius 1 is 1.00 bits per heavy atom. The van der Waals surface area contributed by atoms with Gasteiger partial charge in [0.15, 0.2) is 0 Å². The lowest BCUT2D eigenvalue weighted by Crippen LogP contribution is -2.44. The van der Waals surface area contributed by atoms with E-state index in [-0.39, 0.29) is 18.4 Å². The Bertz CT molecular complexity index is 708. The van der Waals surface area contributed by atoms with Crippen molar-refractivity contribution in [1.82, 2.24) is 5.32 Å². The van der Waals surface area contributed by atoms with Gasteiger partial charge in [-0.25, -0.2) is 4.79 Å². The Kier molecular flexibility index (Phi) is 6.96. The molecule has 0 bridgehead atoms. The molecule has 0 fully saturated rings. The van der Waals surface area contributed by atoms with Gasteiger partial charge in [0.05, 0.1) is 0 Å². The number of carbonyl (C=O) groups excluding carboxylic acids is 2. The summed E-state index contributed by atoms with van der Waals surface area (Å²) in [4.78, 5) is 24.4. The van der Waals surface area contributed by atoms with Gasteiger partial charge in [-0.3, -0.25) is 4.79 Å². The number of hydrogen-bond donors (Lipinski definition) is 1. The Hall–Kier alpha value is -2.88. The highest BCUT2D eigenvalue weighted by Gasteiger charge is 2.25. The van der Waals surface area contributed by atoms with Crippen LogP contribution in [0.4, 0.5) is 0 Å². The number of esters is 1. The van der Waals surface area contributed by atoms with Gasteiger partial charge in [-0.05, 0) is 23.1 Å². The molecule has 1 N–H and O–H groups in total. The van der Waals surface area contributed by atoms with Gasteiger partial charge in [0.25, 0.3) is 0 Å². The van der Waals surface area contributed by atoms with Crippen LogP contribution in [0.5, 0.6) is 0 Å². The van der Waals surface area contributed by atoms with E-state index in [1.165, 1.54) is 6.08 Å². The highest BCUT2D eigenvalue weighted by molar-refractivity contribution is 5.94. The van der Waals surface area contributed by atoms with E-state index in [2.05, 4.69) is 5.32 Å². The van der Waals surface area contributed by atoms with E-state index in [0.29, 0.717) is 0 Å². The molecule has 4 heteroatoms. The van der Waals surface area contributed by atoms with E-state index in [0.717, 1.165) is 11.1 Å². The highest BCUT2D eigenvalue weighted by atomic mass is 16.5. The summed E-state index contributed by atoms with van der Waals surface area (Å²) in [6, 6.07) is 18.3. The van der Waals surface area contributed by atoms with Crippen molar-refractivity contribution in [2.75, 3.05) is 0 Å². The predicted octanol–water partition coefficient (Wildman–Crippen LogP) is 3.58. The van der Waals surface area contributed by atoms with Crippen LogP contribution in [0.3, 0.4) is 0 Å². The minimum atomic E-state index is -0.684. The minimum absolute atomic E-state index is 0.0719. The first-order valence-corrected chi connectivity index (χ1v) is 8.30. The normalized spacial score (nSPS) is 12.1. The van der Waals surface area contributed by atoms with Gasteiger partial charge < -0.3 is 10.1 Å². The number of amides is 1. The number of ether oxygens (including phenoxy) is 1. The molecule has 0 aromatic heterocycles. The molecule has 0 heterocycles. The lowest BCUT2D eigenvalue weighted by Gasteiger charge is -2.20. The molecule has 2 aromatic rings. The lowest BCUT2D eigenvalue weighted by molar-refractivity contribution is -0.150. The molecule has 2 rings (SSSR count). The molecule has 0 aliphatic heterocycles. The zero-order chi connectivity index (χ0) is 18.1.